The van der Waals surface area contributed by atoms with Gasteiger partial charge >= 0.3 is 0 Å². The summed E-state index contributed by atoms with van der Waals surface area (Å²) in [4.78, 5) is 11.9. The first-order valence-electron chi connectivity index (χ1n) is 5.61. The molecule has 1 saturated carbocycles. The summed E-state index contributed by atoms with van der Waals surface area (Å²) in [6.45, 7) is 0. The maximum Gasteiger partial charge on any atom is 0.180 e. The number of benzene rings is 1. The minimum absolute atomic E-state index is 0.00772. The molecule has 3 rings (SSSR count). The van der Waals surface area contributed by atoms with Crippen molar-refractivity contribution in [2.24, 2.45) is 5.92 Å². The second-order valence-corrected chi connectivity index (χ2v) is 4.33. The van der Waals surface area contributed by atoms with Gasteiger partial charge in [0, 0.05) is 12.0 Å². The zero-order valence-corrected chi connectivity index (χ0v) is 9.32. The van der Waals surface area contributed by atoms with Gasteiger partial charge in [0.25, 0.3) is 0 Å². The van der Waals surface area contributed by atoms with E-state index in [1.807, 2.05) is 0 Å². The Morgan fingerprint density at radius 2 is 2.11 bits per heavy atom. The van der Waals surface area contributed by atoms with Gasteiger partial charge < -0.3 is 4.52 Å². The maximum atomic E-state index is 13.6. The van der Waals surface area contributed by atoms with Gasteiger partial charge in [0.15, 0.2) is 11.5 Å². The number of Topliss-reactive ketones (excluding diaryl/α,β-unsaturated/α-hetero) is 1. The molecule has 0 spiro atoms. The number of hydrogen-bond acceptors (Lipinski definition) is 3. The van der Waals surface area contributed by atoms with Crippen molar-refractivity contribution in [2.45, 2.75) is 12.8 Å². The molecule has 5 heteroatoms. The minimum Gasteiger partial charge on any atom is -0.355 e. The largest absolute Gasteiger partial charge is 0.355 e. The van der Waals surface area contributed by atoms with Gasteiger partial charge in [-0.2, -0.15) is 0 Å². The molecule has 1 fully saturated rings. The Kier molecular flexibility index (Phi) is 2.47. The third-order valence-electron chi connectivity index (χ3n) is 2.96. The molecule has 1 heterocycles. The van der Waals surface area contributed by atoms with Gasteiger partial charge in [-0.25, -0.2) is 8.78 Å². The zero-order chi connectivity index (χ0) is 12.7. The van der Waals surface area contributed by atoms with Crippen molar-refractivity contribution in [3.63, 3.8) is 0 Å². The Hall–Kier alpha value is -2.04. The SMILES string of the molecule is O=C(c1cnoc1-c1ccc(F)cc1F)C1CC1. The van der Waals surface area contributed by atoms with E-state index in [2.05, 4.69) is 5.16 Å². The number of carbonyl (C=O) groups excluding carboxylic acids is 1. The van der Waals surface area contributed by atoms with Gasteiger partial charge in [-0.05, 0) is 25.0 Å². The van der Waals surface area contributed by atoms with Crippen molar-refractivity contribution < 1.29 is 18.1 Å². The number of nitrogens with zero attached hydrogens (tertiary/aromatic N) is 1. The van der Waals surface area contributed by atoms with Crippen LogP contribution >= 0.6 is 0 Å². The lowest BCUT2D eigenvalue weighted by atomic mass is 10.0. The summed E-state index contributed by atoms with van der Waals surface area (Å²) in [5, 5.41) is 3.54. The molecule has 0 radical (unpaired) electrons. The van der Waals surface area contributed by atoms with Crippen LogP contribution in [0.15, 0.2) is 28.9 Å². The summed E-state index contributed by atoms with van der Waals surface area (Å²) in [5.41, 5.74) is 0.320. The van der Waals surface area contributed by atoms with E-state index in [1.54, 1.807) is 0 Å². The van der Waals surface area contributed by atoms with Gasteiger partial charge in [-0.15, -0.1) is 0 Å². The summed E-state index contributed by atoms with van der Waals surface area (Å²) in [7, 11) is 0. The van der Waals surface area contributed by atoms with Gasteiger partial charge in [0.05, 0.1) is 17.3 Å². The molecule has 3 nitrogen and oxygen atoms in total. The highest BCUT2D eigenvalue weighted by atomic mass is 19.1. The Morgan fingerprint density at radius 3 is 2.78 bits per heavy atom. The quantitative estimate of drug-likeness (QED) is 0.784. The Bertz CT molecular complexity index is 617. The average Bonchev–Trinajstić information content (AvgIpc) is 3.07. The molecular formula is C13H9F2NO2. The molecule has 1 aromatic carbocycles. The summed E-state index contributed by atoms with van der Waals surface area (Å²) in [5.74, 6) is -1.46. The highest BCUT2D eigenvalue weighted by molar-refractivity contribution is 6.03. The number of rotatable bonds is 3. The van der Waals surface area contributed by atoms with E-state index in [9.17, 15) is 13.6 Å². The third-order valence-corrected chi connectivity index (χ3v) is 2.96. The number of hydrogen-bond donors (Lipinski definition) is 0. The molecule has 1 aliphatic carbocycles. The molecular weight excluding hydrogens is 240 g/mol. The van der Waals surface area contributed by atoms with Crippen molar-refractivity contribution in [3.8, 4) is 11.3 Å². The van der Waals surface area contributed by atoms with Crippen LogP contribution in [0.25, 0.3) is 11.3 Å². The van der Waals surface area contributed by atoms with Crippen LogP contribution in [0.3, 0.4) is 0 Å². The Labute approximate surface area is 101 Å². The van der Waals surface area contributed by atoms with Crippen molar-refractivity contribution in [1.29, 1.82) is 0 Å². The van der Waals surface area contributed by atoms with Gasteiger partial charge in [0.1, 0.15) is 11.6 Å². The van der Waals surface area contributed by atoms with Crippen LogP contribution in [0.1, 0.15) is 23.2 Å². The van der Waals surface area contributed by atoms with Crippen LogP contribution in [0.2, 0.25) is 0 Å². The van der Waals surface area contributed by atoms with Crippen LogP contribution in [-0.4, -0.2) is 10.9 Å². The summed E-state index contributed by atoms with van der Waals surface area (Å²) < 4.78 is 31.4. The topological polar surface area (TPSA) is 43.1 Å². The lowest BCUT2D eigenvalue weighted by Crippen LogP contribution is -2.01. The fraction of sp³-hybridized carbons (Fsp3) is 0.231. The second-order valence-electron chi connectivity index (χ2n) is 4.33. The van der Waals surface area contributed by atoms with Gasteiger partial charge in [0.2, 0.25) is 0 Å². The van der Waals surface area contributed by atoms with E-state index in [-0.39, 0.29) is 28.6 Å². The van der Waals surface area contributed by atoms with Crippen LogP contribution in [0.4, 0.5) is 8.78 Å². The Morgan fingerprint density at radius 1 is 1.33 bits per heavy atom. The average molecular weight is 249 g/mol. The molecule has 0 atom stereocenters. The monoisotopic (exact) mass is 249 g/mol. The number of aromatic nitrogens is 1. The molecule has 1 aromatic heterocycles. The Balaban J connectivity index is 2.06. The van der Waals surface area contributed by atoms with Crippen LogP contribution in [0.5, 0.6) is 0 Å². The molecule has 0 aliphatic heterocycles. The minimum atomic E-state index is -0.767. The van der Waals surface area contributed by atoms with Crippen LogP contribution in [-0.2, 0) is 0 Å². The second kappa shape index (κ2) is 4.01. The van der Waals surface area contributed by atoms with Gasteiger partial charge in [-0.1, -0.05) is 5.16 Å². The first-order chi connectivity index (χ1) is 8.66. The molecule has 0 unspecified atom stereocenters. The predicted octanol–water partition coefficient (Wildman–Crippen LogP) is 3.21. The van der Waals surface area contributed by atoms with E-state index < -0.39 is 11.6 Å². The standard InChI is InChI=1S/C13H9F2NO2/c14-8-3-4-9(11(15)5-8)13-10(6-16-18-13)12(17)7-1-2-7/h3-7H,1-2H2. The lowest BCUT2D eigenvalue weighted by Gasteiger charge is -2.01. The van der Waals surface area contributed by atoms with Crippen LogP contribution < -0.4 is 0 Å². The molecule has 2 aromatic rings. The molecule has 0 saturated heterocycles. The van der Waals surface area contributed by atoms with Crippen LogP contribution in [0, 0.1) is 17.6 Å². The summed E-state index contributed by atoms with van der Waals surface area (Å²) >= 11 is 0. The summed E-state index contributed by atoms with van der Waals surface area (Å²) in [6, 6.07) is 3.12. The van der Waals surface area contributed by atoms with Crippen molar-refractivity contribution in [1.82, 2.24) is 5.16 Å². The molecule has 0 N–H and O–H groups in total. The van der Waals surface area contributed by atoms with E-state index >= 15 is 0 Å². The highest BCUT2D eigenvalue weighted by Crippen LogP contribution is 2.36. The van der Waals surface area contributed by atoms with E-state index in [0.29, 0.717) is 0 Å². The van der Waals surface area contributed by atoms with Crippen molar-refractivity contribution in [2.75, 3.05) is 0 Å². The maximum absolute atomic E-state index is 13.6. The molecule has 0 bridgehead atoms. The number of ketones is 1. The molecule has 18 heavy (non-hydrogen) atoms. The van der Waals surface area contributed by atoms with Crippen molar-refractivity contribution in [3.05, 3.63) is 41.6 Å². The number of carbonyl (C=O) groups is 1. The normalized spacial score (nSPS) is 14.8. The molecule has 1 aliphatic rings. The molecule has 0 amide bonds. The third kappa shape index (κ3) is 1.81. The van der Waals surface area contributed by atoms with E-state index in [1.165, 1.54) is 12.3 Å². The fourth-order valence-corrected chi connectivity index (χ4v) is 1.85. The summed E-state index contributed by atoms with van der Waals surface area (Å²) in [6.07, 6.45) is 2.98. The fourth-order valence-electron chi connectivity index (χ4n) is 1.85. The zero-order valence-electron chi connectivity index (χ0n) is 9.32. The molecule has 92 valence electrons. The first-order valence-corrected chi connectivity index (χ1v) is 5.61. The lowest BCUT2D eigenvalue weighted by molar-refractivity contribution is 0.0968. The van der Waals surface area contributed by atoms with Gasteiger partial charge in [-0.3, -0.25) is 4.79 Å². The smallest absolute Gasteiger partial charge is 0.180 e. The van der Waals surface area contributed by atoms with Crippen molar-refractivity contribution >= 4 is 5.78 Å². The highest BCUT2D eigenvalue weighted by Gasteiger charge is 2.34. The number of halogens is 2. The predicted molar refractivity (Wildman–Crippen MR) is 58.9 cm³/mol. The van der Waals surface area contributed by atoms with E-state index in [0.717, 1.165) is 25.0 Å². The first kappa shape index (κ1) is 11.1. The van der Waals surface area contributed by atoms with E-state index in [4.69, 9.17) is 4.52 Å².